The average Bonchev–Trinajstić information content (AvgIpc) is 2.69. The van der Waals surface area contributed by atoms with Crippen molar-refractivity contribution in [1.29, 1.82) is 0 Å². The third kappa shape index (κ3) is 16.6. The van der Waals surface area contributed by atoms with Crippen molar-refractivity contribution in [3.05, 3.63) is 12.2 Å². The van der Waals surface area contributed by atoms with Gasteiger partial charge in [-0.15, -0.1) is 0 Å². The minimum Gasteiger partial charge on any atom is -0.0912 e. The maximum absolute atomic E-state index is 2.61. The van der Waals surface area contributed by atoms with Crippen LogP contribution in [0.2, 0.25) is 24.2 Å². The lowest BCUT2D eigenvalue weighted by atomic mass is 10.1. The van der Waals surface area contributed by atoms with Gasteiger partial charge in [0.25, 0.3) is 0 Å². The summed E-state index contributed by atoms with van der Waals surface area (Å²) in [6, 6.07) is 6.18. The molecule has 0 aromatic rings. The molecule has 1 heteroatoms. The fraction of sp³-hybridized carbons (Fsp3) is 0.923. The Balaban J connectivity index is 4.35. The summed E-state index contributed by atoms with van der Waals surface area (Å²) in [5.41, 5.74) is 0. The average molecular weight is 395 g/mol. The summed E-state index contributed by atoms with van der Waals surface area (Å²) in [6.45, 7) is 9.47. The lowest BCUT2D eigenvalue weighted by Crippen LogP contribution is -2.32. The molecule has 0 radical (unpaired) electrons. The third-order valence-corrected chi connectivity index (χ3v) is 12.0. The van der Waals surface area contributed by atoms with Gasteiger partial charge in [0, 0.05) is 0 Å². The summed E-state index contributed by atoms with van der Waals surface area (Å²) in [5, 5.41) is 0. The second-order valence-electron chi connectivity index (χ2n) is 9.06. The Morgan fingerprint density at radius 2 is 0.926 bits per heavy atom. The van der Waals surface area contributed by atoms with Crippen LogP contribution in [0.1, 0.15) is 130 Å². The molecule has 0 bridgehead atoms. The molecule has 27 heavy (non-hydrogen) atoms. The third-order valence-electron chi connectivity index (χ3n) is 6.56. The first-order valence-corrected chi connectivity index (χ1v) is 15.7. The van der Waals surface area contributed by atoms with Crippen LogP contribution in [0.4, 0.5) is 0 Å². The molecule has 162 valence electrons. The molecule has 0 fully saturated rings. The first-order valence-electron chi connectivity index (χ1n) is 12.9. The van der Waals surface area contributed by atoms with Gasteiger partial charge in [-0.05, 0) is 18.9 Å². The minimum absolute atomic E-state index is 1.06. The first kappa shape index (κ1) is 27.0. The van der Waals surface area contributed by atoms with Crippen molar-refractivity contribution in [1.82, 2.24) is 0 Å². The fourth-order valence-electron chi connectivity index (χ4n) is 4.35. The van der Waals surface area contributed by atoms with E-state index in [1.54, 1.807) is 12.1 Å². The van der Waals surface area contributed by atoms with E-state index in [0.29, 0.717) is 0 Å². The summed E-state index contributed by atoms with van der Waals surface area (Å²) >= 11 is 0. The maximum atomic E-state index is 2.61. The van der Waals surface area contributed by atoms with Crippen LogP contribution in [0.5, 0.6) is 0 Å². The molecule has 0 heterocycles. The van der Waals surface area contributed by atoms with E-state index in [2.05, 4.69) is 39.8 Å². The summed E-state index contributed by atoms with van der Waals surface area (Å²) in [6.07, 6.45) is 28.1. The van der Waals surface area contributed by atoms with E-state index in [1.165, 1.54) is 115 Å². The van der Waals surface area contributed by atoms with Gasteiger partial charge in [-0.2, -0.15) is 0 Å². The number of allylic oxidation sites excluding steroid dienone is 2. The van der Waals surface area contributed by atoms with Crippen LogP contribution in [-0.2, 0) is 0 Å². The van der Waals surface area contributed by atoms with E-state index in [0.717, 1.165) is 0 Å². The summed E-state index contributed by atoms with van der Waals surface area (Å²) in [4.78, 5) is 0. The second kappa shape index (κ2) is 20.7. The van der Waals surface area contributed by atoms with Crippen LogP contribution < -0.4 is 0 Å². The van der Waals surface area contributed by atoms with Crippen LogP contribution in [0, 0.1) is 0 Å². The van der Waals surface area contributed by atoms with Gasteiger partial charge in [0.15, 0.2) is 0 Å². The number of rotatable bonds is 21. The zero-order valence-corrected chi connectivity index (χ0v) is 20.8. The molecular weight excluding hydrogens is 340 g/mol. The smallest absolute Gasteiger partial charge is 0.0570 e. The Kier molecular flexibility index (Phi) is 20.7. The molecule has 0 saturated heterocycles. The van der Waals surface area contributed by atoms with Crippen molar-refractivity contribution >= 4 is 8.07 Å². The molecule has 0 aromatic heterocycles. The Morgan fingerprint density at radius 3 is 1.41 bits per heavy atom. The van der Waals surface area contributed by atoms with Gasteiger partial charge in [0.2, 0.25) is 0 Å². The zero-order chi connectivity index (χ0) is 20.1. The molecule has 0 amide bonds. The highest BCUT2D eigenvalue weighted by Crippen LogP contribution is 2.31. The van der Waals surface area contributed by atoms with Crippen molar-refractivity contribution in [3.8, 4) is 0 Å². The Bertz CT molecular complexity index is 291. The van der Waals surface area contributed by atoms with Crippen LogP contribution >= 0.6 is 0 Å². The molecular formula is C26H54Si. The SMILES string of the molecule is CCCCC/C=C/C[Si](CC)(CCCCCCCC)CCCCCCCC. The normalized spacial score (nSPS) is 12.3. The van der Waals surface area contributed by atoms with E-state index in [9.17, 15) is 0 Å². The molecule has 0 saturated carbocycles. The van der Waals surface area contributed by atoms with Crippen LogP contribution in [0.25, 0.3) is 0 Å². The topological polar surface area (TPSA) is 0 Å². The van der Waals surface area contributed by atoms with E-state index < -0.39 is 8.07 Å². The van der Waals surface area contributed by atoms with Crippen molar-refractivity contribution in [2.75, 3.05) is 0 Å². The van der Waals surface area contributed by atoms with Gasteiger partial charge in [0.05, 0.1) is 8.07 Å². The molecule has 0 aromatic carbocycles. The predicted octanol–water partition coefficient (Wildman–Crippen LogP) is 10.3. The Labute approximate surface area is 175 Å². The molecule has 0 aliphatic carbocycles. The molecule has 0 aliphatic rings. The fourth-order valence-corrected chi connectivity index (χ4v) is 8.67. The van der Waals surface area contributed by atoms with Gasteiger partial charge in [-0.3, -0.25) is 0 Å². The highest BCUT2D eigenvalue weighted by molar-refractivity contribution is 6.80. The highest BCUT2D eigenvalue weighted by Gasteiger charge is 2.28. The van der Waals surface area contributed by atoms with Crippen molar-refractivity contribution in [2.45, 2.75) is 155 Å². The lowest BCUT2D eigenvalue weighted by Gasteiger charge is -2.30. The van der Waals surface area contributed by atoms with Gasteiger partial charge >= 0.3 is 0 Å². The largest absolute Gasteiger partial charge is 0.0912 e. The van der Waals surface area contributed by atoms with E-state index in [-0.39, 0.29) is 0 Å². The van der Waals surface area contributed by atoms with E-state index in [1.807, 2.05) is 0 Å². The van der Waals surface area contributed by atoms with Crippen LogP contribution in [0.15, 0.2) is 12.2 Å². The van der Waals surface area contributed by atoms with Crippen molar-refractivity contribution in [3.63, 3.8) is 0 Å². The second-order valence-corrected chi connectivity index (χ2v) is 14.2. The predicted molar refractivity (Wildman–Crippen MR) is 131 cm³/mol. The molecule has 0 aliphatic heterocycles. The number of hydrogen-bond acceptors (Lipinski definition) is 0. The van der Waals surface area contributed by atoms with Crippen molar-refractivity contribution < 1.29 is 0 Å². The Morgan fingerprint density at radius 1 is 0.481 bits per heavy atom. The molecule has 0 rings (SSSR count). The minimum atomic E-state index is -1.06. The molecule has 0 N–H and O–H groups in total. The van der Waals surface area contributed by atoms with Crippen molar-refractivity contribution in [2.24, 2.45) is 0 Å². The summed E-state index contributed by atoms with van der Waals surface area (Å²) in [5.74, 6) is 0. The highest BCUT2D eigenvalue weighted by atomic mass is 28.3. The number of hydrogen-bond donors (Lipinski definition) is 0. The van der Waals surface area contributed by atoms with Gasteiger partial charge in [-0.25, -0.2) is 0 Å². The quantitative estimate of drug-likeness (QED) is 0.103. The standard InChI is InChI=1S/C26H54Si/c1-5-9-12-15-18-21-24-27(8-4,25-22-19-16-13-10-6-2)26-23-20-17-14-11-7-3/h18,21H,5-17,19-20,22-26H2,1-4H3/b21-18+. The zero-order valence-electron chi connectivity index (χ0n) is 19.8. The molecule has 0 unspecified atom stereocenters. The molecule has 0 nitrogen and oxygen atoms in total. The van der Waals surface area contributed by atoms with E-state index in [4.69, 9.17) is 0 Å². The van der Waals surface area contributed by atoms with E-state index >= 15 is 0 Å². The monoisotopic (exact) mass is 394 g/mol. The van der Waals surface area contributed by atoms with Crippen LogP contribution in [0.3, 0.4) is 0 Å². The number of unbranched alkanes of at least 4 members (excludes halogenated alkanes) is 13. The van der Waals surface area contributed by atoms with Gasteiger partial charge in [0.1, 0.15) is 0 Å². The lowest BCUT2D eigenvalue weighted by molar-refractivity contribution is 0.613. The molecule has 0 atom stereocenters. The summed E-state index contributed by atoms with van der Waals surface area (Å²) < 4.78 is 0. The summed E-state index contributed by atoms with van der Waals surface area (Å²) in [7, 11) is -1.06. The van der Waals surface area contributed by atoms with Gasteiger partial charge in [-0.1, -0.05) is 148 Å². The maximum Gasteiger partial charge on any atom is 0.0570 e. The van der Waals surface area contributed by atoms with Gasteiger partial charge < -0.3 is 0 Å². The van der Waals surface area contributed by atoms with Crippen LogP contribution in [-0.4, -0.2) is 8.07 Å². The Hall–Kier alpha value is -0.0431. The first-order chi connectivity index (χ1) is 13.2. The molecule has 0 spiro atoms.